The Hall–Kier alpha value is -2.47. The minimum Gasteiger partial charge on any atom is -0.381 e. The first-order valence-electron chi connectivity index (χ1n) is 8.09. The van der Waals surface area contributed by atoms with Gasteiger partial charge >= 0.3 is 0 Å². The summed E-state index contributed by atoms with van der Waals surface area (Å²) in [6.45, 7) is 4.34. The summed E-state index contributed by atoms with van der Waals surface area (Å²) in [5.41, 5.74) is 2.60. The lowest BCUT2D eigenvalue weighted by molar-refractivity contribution is -0.385. The van der Waals surface area contributed by atoms with E-state index in [0.29, 0.717) is 5.82 Å². The number of benzene rings is 1. The first-order valence-corrected chi connectivity index (χ1v) is 8.09. The molecule has 1 saturated heterocycles. The maximum atomic E-state index is 10.7. The van der Waals surface area contributed by atoms with E-state index in [1.807, 2.05) is 0 Å². The van der Waals surface area contributed by atoms with Crippen molar-refractivity contribution in [2.24, 2.45) is 0 Å². The number of aryl methyl sites for hydroxylation is 1. The molecule has 0 amide bonds. The Bertz CT molecular complexity index is 710. The maximum Gasteiger partial charge on any atom is 0.287 e. The van der Waals surface area contributed by atoms with Crippen LogP contribution in [-0.2, 0) is 10.2 Å². The van der Waals surface area contributed by atoms with Gasteiger partial charge in [-0.15, -0.1) is 0 Å². The highest BCUT2D eigenvalue weighted by Crippen LogP contribution is 2.36. The second-order valence-corrected chi connectivity index (χ2v) is 6.22. The normalized spacial score (nSPS) is 16.5. The smallest absolute Gasteiger partial charge is 0.287 e. The van der Waals surface area contributed by atoms with Crippen molar-refractivity contribution in [3.05, 3.63) is 63.8 Å². The van der Waals surface area contributed by atoms with Crippen LogP contribution in [0.4, 0.5) is 11.5 Å². The number of hydrogen-bond donors (Lipinski definition) is 1. The largest absolute Gasteiger partial charge is 0.381 e. The Labute approximate surface area is 141 Å². The summed E-state index contributed by atoms with van der Waals surface area (Å²) < 4.78 is 5.56. The van der Waals surface area contributed by atoms with Gasteiger partial charge in [-0.05, 0) is 37.0 Å². The molecule has 0 aliphatic carbocycles. The van der Waals surface area contributed by atoms with Crippen LogP contribution in [0, 0.1) is 17.0 Å². The Morgan fingerprint density at radius 1 is 1.25 bits per heavy atom. The first-order chi connectivity index (χ1) is 11.6. The molecule has 1 fully saturated rings. The van der Waals surface area contributed by atoms with Crippen molar-refractivity contribution in [1.29, 1.82) is 0 Å². The summed E-state index contributed by atoms with van der Waals surface area (Å²) in [6.07, 6.45) is 3.17. The van der Waals surface area contributed by atoms with Gasteiger partial charge in [-0.25, -0.2) is 4.98 Å². The molecule has 0 spiro atoms. The highest BCUT2D eigenvalue weighted by Gasteiger charge is 2.35. The maximum absolute atomic E-state index is 10.7. The predicted octanol–water partition coefficient (Wildman–Crippen LogP) is 3.46. The number of rotatable bonds is 5. The molecule has 0 radical (unpaired) electrons. The van der Waals surface area contributed by atoms with Crippen molar-refractivity contribution in [3.63, 3.8) is 0 Å². The summed E-state index contributed by atoms with van der Waals surface area (Å²) in [7, 11) is 0. The number of ether oxygens (including phenoxy) is 1. The molecule has 24 heavy (non-hydrogen) atoms. The van der Waals surface area contributed by atoms with E-state index in [9.17, 15) is 10.1 Å². The van der Waals surface area contributed by atoms with Crippen molar-refractivity contribution in [2.75, 3.05) is 25.1 Å². The number of anilines is 1. The fourth-order valence-electron chi connectivity index (χ4n) is 3.33. The Kier molecular flexibility index (Phi) is 4.76. The molecule has 1 aliphatic rings. The van der Waals surface area contributed by atoms with E-state index in [0.717, 1.165) is 32.6 Å². The van der Waals surface area contributed by atoms with Crippen LogP contribution in [0.1, 0.15) is 24.0 Å². The highest BCUT2D eigenvalue weighted by molar-refractivity contribution is 5.42. The van der Waals surface area contributed by atoms with Crippen LogP contribution in [0.25, 0.3) is 0 Å². The highest BCUT2D eigenvalue weighted by atomic mass is 16.6. The molecular formula is C18H21N3O3. The lowest BCUT2D eigenvalue weighted by atomic mass is 9.72. The average molecular weight is 327 g/mol. The molecule has 126 valence electrons. The molecule has 1 aliphatic heterocycles. The van der Waals surface area contributed by atoms with Gasteiger partial charge in [0.15, 0.2) is 0 Å². The molecule has 6 heteroatoms. The molecule has 2 aromatic rings. The van der Waals surface area contributed by atoms with Crippen LogP contribution in [0.15, 0.2) is 42.6 Å². The van der Waals surface area contributed by atoms with Gasteiger partial charge in [-0.3, -0.25) is 10.1 Å². The van der Waals surface area contributed by atoms with E-state index < -0.39 is 4.92 Å². The van der Waals surface area contributed by atoms with Crippen LogP contribution in [0.3, 0.4) is 0 Å². The lowest BCUT2D eigenvalue weighted by Crippen LogP contribution is -2.40. The zero-order valence-electron chi connectivity index (χ0n) is 13.7. The molecule has 0 bridgehead atoms. The van der Waals surface area contributed by atoms with E-state index in [-0.39, 0.29) is 11.1 Å². The molecule has 1 N–H and O–H groups in total. The molecule has 0 atom stereocenters. The van der Waals surface area contributed by atoms with Crippen molar-refractivity contribution < 1.29 is 9.66 Å². The van der Waals surface area contributed by atoms with E-state index in [1.54, 1.807) is 6.07 Å². The zero-order chi connectivity index (χ0) is 17.0. The molecular weight excluding hydrogens is 306 g/mol. The van der Waals surface area contributed by atoms with E-state index in [2.05, 4.69) is 41.5 Å². The third kappa shape index (κ3) is 3.38. The van der Waals surface area contributed by atoms with Crippen molar-refractivity contribution in [3.8, 4) is 0 Å². The molecule has 3 rings (SSSR count). The Balaban J connectivity index is 1.80. The topological polar surface area (TPSA) is 77.3 Å². The van der Waals surface area contributed by atoms with E-state index in [1.165, 1.54) is 23.4 Å². The second kappa shape index (κ2) is 6.97. The van der Waals surface area contributed by atoms with Crippen molar-refractivity contribution >= 4 is 11.5 Å². The summed E-state index contributed by atoms with van der Waals surface area (Å²) >= 11 is 0. The molecule has 1 aromatic carbocycles. The predicted molar refractivity (Wildman–Crippen MR) is 92.3 cm³/mol. The molecule has 2 heterocycles. The first kappa shape index (κ1) is 16.4. The summed E-state index contributed by atoms with van der Waals surface area (Å²) in [6, 6.07) is 11.6. The fraction of sp³-hybridized carbons (Fsp3) is 0.389. The minimum atomic E-state index is -0.440. The average Bonchev–Trinajstić information content (AvgIpc) is 2.61. The summed E-state index contributed by atoms with van der Waals surface area (Å²) in [5, 5.41) is 14.1. The minimum absolute atomic E-state index is 0.000216. The zero-order valence-corrected chi connectivity index (χ0v) is 13.7. The number of pyridine rings is 1. The van der Waals surface area contributed by atoms with Gasteiger partial charge in [0.2, 0.25) is 0 Å². The standard InChI is InChI=1S/C18H21N3O3/c1-14-4-2-3-5-16(14)18(8-10-24-11-9-18)13-20-17-7-6-15(12-19-17)21(22)23/h2-7,12H,8-11,13H2,1H3,(H,19,20). The molecule has 0 unspecified atom stereocenters. The second-order valence-electron chi connectivity index (χ2n) is 6.22. The van der Waals surface area contributed by atoms with Gasteiger partial charge in [0.1, 0.15) is 12.0 Å². The number of nitro groups is 1. The van der Waals surface area contributed by atoms with E-state index >= 15 is 0 Å². The van der Waals surface area contributed by atoms with Crippen LogP contribution < -0.4 is 5.32 Å². The summed E-state index contributed by atoms with van der Waals surface area (Å²) in [5.74, 6) is 0.653. The number of hydrogen-bond acceptors (Lipinski definition) is 5. The molecule has 0 saturated carbocycles. The lowest BCUT2D eigenvalue weighted by Gasteiger charge is -2.39. The van der Waals surface area contributed by atoms with Gasteiger partial charge in [0, 0.05) is 31.2 Å². The van der Waals surface area contributed by atoms with Gasteiger partial charge in [0.05, 0.1) is 4.92 Å². The Morgan fingerprint density at radius 3 is 2.62 bits per heavy atom. The van der Waals surface area contributed by atoms with Gasteiger partial charge < -0.3 is 10.1 Å². The van der Waals surface area contributed by atoms with Crippen molar-refractivity contribution in [1.82, 2.24) is 4.98 Å². The third-order valence-electron chi connectivity index (χ3n) is 4.73. The van der Waals surface area contributed by atoms with Gasteiger partial charge in [-0.2, -0.15) is 0 Å². The monoisotopic (exact) mass is 327 g/mol. The SMILES string of the molecule is Cc1ccccc1C1(CNc2ccc([N+](=O)[O-])cn2)CCOCC1. The van der Waals surface area contributed by atoms with Gasteiger partial charge in [-0.1, -0.05) is 24.3 Å². The van der Waals surface area contributed by atoms with E-state index in [4.69, 9.17) is 4.74 Å². The van der Waals surface area contributed by atoms with Gasteiger partial charge in [0.25, 0.3) is 5.69 Å². The number of aromatic nitrogens is 1. The van der Waals surface area contributed by atoms with Crippen LogP contribution in [0.5, 0.6) is 0 Å². The van der Waals surface area contributed by atoms with Crippen LogP contribution in [-0.4, -0.2) is 29.7 Å². The quantitative estimate of drug-likeness (QED) is 0.672. The molecule has 6 nitrogen and oxygen atoms in total. The van der Waals surface area contributed by atoms with Crippen molar-refractivity contribution in [2.45, 2.75) is 25.2 Å². The Morgan fingerprint density at radius 2 is 2.00 bits per heavy atom. The van der Waals surface area contributed by atoms with Crippen LogP contribution >= 0.6 is 0 Å². The number of nitrogens with zero attached hydrogens (tertiary/aromatic N) is 2. The third-order valence-corrected chi connectivity index (χ3v) is 4.73. The van der Waals surface area contributed by atoms with Crippen LogP contribution in [0.2, 0.25) is 0 Å². The number of nitrogens with one attached hydrogen (secondary N) is 1. The summed E-state index contributed by atoms with van der Waals surface area (Å²) in [4.78, 5) is 14.4. The molecule has 1 aromatic heterocycles. The fourth-order valence-corrected chi connectivity index (χ4v) is 3.33.